The Morgan fingerprint density at radius 2 is 1.80 bits per heavy atom. The van der Waals surface area contributed by atoms with Crippen LogP contribution >= 0.6 is 0 Å². The van der Waals surface area contributed by atoms with Gasteiger partial charge in [-0.15, -0.1) is 0 Å². The number of benzene rings is 1. The molecule has 0 radical (unpaired) electrons. The first kappa shape index (κ1) is 14.3. The van der Waals surface area contributed by atoms with Crippen molar-refractivity contribution in [3.05, 3.63) is 36.0 Å². The quantitative estimate of drug-likeness (QED) is 0.875. The molecule has 0 saturated heterocycles. The Hall–Kier alpha value is -2.09. The van der Waals surface area contributed by atoms with Gasteiger partial charge in [0, 0.05) is 11.4 Å². The molecule has 8 heteroatoms. The Morgan fingerprint density at radius 1 is 1.20 bits per heavy atom. The topological polar surface area (TPSA) is 97.1 Å². The van der Waals surface area contributed by atoms with Gasteiger partial charge in [0.05, 0.1) is 6.26 Å². The molecular weight excluding hydrogens is 280 g/mol. The van der Waals surface area contributed by atoms with Gasteiger partial charge in [0.25, 0.3) is 0 Å². The monoisotopic (exact) mass is 296 g/mol. The zero-order valence-electron chi connectivity index (χ0n) is 11.4. The van der Waals surface area contributed by atoms with Crippen LogP contribution in [-0.2, 0) is 10.0 Å². The Morgan fingerprint density at radius 3 is 2.30 bits per heavy atom. The fourth-order valence-electron chi connectivity index (χ4n) is 1.65. The fourth-order valence-corrected chi connectivity index (χ4v) is 2.21. The first-order valence-corrected chi connectivity index (χ1v) is 7.87. The molecule has 1 aromatic carbocycles. The summed E-state index contributed by atoms with van der Waals surface area (Å²) >= 11 is 0. The number of sulfonamides is 1. The number of hydrogen-bond acceptors (Lipinski definition) is 6. The molecule has 1 atom stereocenters. The lowest BCUT2D eigenvalue weighted by molar-refractivity contribution is 0.364. The van der Waals surface area contributed by atoms with Crippen LogP contribution in [0.15, 0.2) is 28.8 Å². The van der Waals surface area contributed by atoms with Gasteiger partial charge in [0.15, 0.2) is 5.82 Å². The van der Waals surface area contributed by atoms with Crippen LogP contribution in [-0.4, -0.2) is 24.8 Å². The number of nitrogens with zero attached hydrogens (tertiary/aromatic N) is 2. The summed E-state index contributed by atoms with van der Waals surface area (Å²) in [7, 11) is -3.26. The van der Waals surface area contributed by atoms with Crippen molar-refractivity contribution in [2.45, 2.75) is 19.9 Å². The third-order valence-corrected chi connectivity index (χ3v) is 3.09. The molecule has 0 spiro atoms. The third-order valence-electron chi connectivity index (χ3n) is 2.49. The predicted octanol–water partition coefficient (Wildman–Crippen LogP) is 1.92. The number of hydrogen-bond donors (Lipinski definition) is 2. The molecule has 0 saturated carbocycles. The molecule has 108 valence electrons. The molecule has 2 rings (SSSR count). The largest absolute Gasteiger partial charge is 0.374 e. The van der Waals surface area contributed by atoms with Gasteiger partial charge in [-0.1, -0.05) is 5.16 Å². The van der Waals surface area contributed by atoms with Crippen LogP contribution in [0, 0.1) is 6.92 Å². The van der Waals surface area contributed by atoms with Gasteiger partial charge >= 0.3 is 0 Å². The van der Waals surface area contributed by atoms with Crippen LogP contribution in [0.4, 0.5) is 11.4 Å². The van der Waals surface area contributed by atoms with Crippen molar-refractivity contribution in [2.75, 3.05) is 16.3 Å². The molecule has 1 aromatic heterocycles. The van der Waals surface area contributed by atoms with Gasteiger partial charge in [0.2, 0.25) is 15.9 Å². The van der Waals surface area contributed by atoms with Gasteiger partial charge in [-0.05, 0) is 38.1 Å². The van der Waals surface area contributed by atoms with E-state index in [4.69, 9.17) is 4.52 Å². The minimum atomic E-state index is -3.26. The molecule has 20 heavy (non-hydrogen) atoms. The van der Waals surface area contributed by atoms with Crippen LogP contribution < -0.4 is 10.0 Å². The smallest absolute Gasteiger partial charge is 0.248 e. The number of anilines is 2. The van der Waals surface area contributed by atoms with Crippen molar-refractivity contribution in [3.8, 4) is 0 Å². The second-order valence-corrected chi connectivity index (χ2v) is 6.25. The lowest BCUT2D eigenvalue weighted by Crippen LogP contribution is -2.10. The lowest BCUT2D eigenvalue weighted by atomic mass is 10.2. The Bertz CT molecular complexity index is 679. The number of aromatic nitrogens is 2. The van der Waals surface area contributed by atoms with Crippen molar-refractivity contribution in [2.24, 2.45) is 0 Å². The normalized spacial score (nSPS) is 12.9. The first-order valence-electron chi connectivity index (χ1n) is 5.98. The number of aryl methyl sites for hydroxylation is 1. The van der Waals surface area contributed by atoms with E-state index in [0.717, 1.165) is 11.9 Å². The molecule has 0 fully saturated rings. The average Bonchev–Trinajstić information content (AvgIpc) is 2.77. The standard InChI is InChI=1S/C12H16N4O3S/c1-8(12-14-9(2)15-19-12)13-10-4-6-11(7-5-10)16-20(3,17)18/h4-8,13,16H,1-3H3/t8-/m1/s1. The molecule has 0 unspecified atom stereocenters. The molecule has 2 N–H and O–H groups in total. The van der Waals surface area contributed by atoms with Crippen molar-refractivity contribution in [1.82, 2.24) is 10.1 Å². The maximum Gasteiger partial charge on any atom is 0.248 e. The zero-order valence-corrected chi connectivity index (χ0v) is 12.2. The number of rotatable bonds is 5. The van der Waals surface area contributed by atoms with E-state index in [2.05, 4.69) is 20.2 Å². The maximum atomic E-state index is 11.1. The Kier molecular flexibility index (Phi) is 3.93. The highest BCUT2D eigenvalue weighted by Gasteiger charge is 2.12. The Balaban J connectivity index is 2.03. The van der Waals surface area contributed by atoms with Crippen LogP contribution in [0.3, 0.4) is 0 Å². The molecule has 2 aromatic rings. The van der Waals surface area contributed by atoms with E-state index >= 15 is 0 Å². The third kappa shape index (κ3) is 3.95. The van der Waals surface area contributed by atoms with Crippen molar-refractivity contribution < 1.29 is 12.9 Å². The summed E-state index contributed by atoms with van der Waals surface area (Å²) in [6, 6.07) is 6.76. The second kappa shape index (κ2) is 5.49. The van der Waals surface area contributed by atoms with E-state index in [9.17, 15) is 8.42 Å². The van der Waals surface area contributed by atoms with Crippen molar-refractivity contribution in [3.63, 3.8) is 0 Å². The van der Waals surface area contributed by atoms with E-state index in [1.165, 1.54) is 0 Å². The van der Waals surface area contributed by atoms with E-state index < -0.39 is 10.0 Å². The maximum absolute atomic E-state index is 11.1. The van der Waals surface area contributed by atoms with Crippen molar-refractivity contribution >= 4 is 21.4 Å². The summed E-state index contributed by atoms with van der Waals surface area (Å²) in [5, 5.41) is 6.92. The summed E-state index contributed by atoms with van der Waals surface area (Å²) in [6.45, 7) is 3.65. The summed E-state index contributed by atoms with van der Waals surface area (Å²) < 4.78 is 29.7. The summed E-state index contributed by atoms with van der Waals surface area (Å²) in [6.07, 6.45) is 1.11. The van der Waals surface area contributed by atoms with Crippen LogP contribution in [0.1, 0.15) is 24.7 Å². The highest BCUT2D eigenvalue weighted by molar-refractivity contribution is 7.92. The summed E-state index contributed by atoms with van der Waals surface area (Å²) in [4.78, 5) is 4.14. The minimum Gasteiger partial charge on any atom is -0.374 e. The van der Waals surface area contributed by atoms with Crippen LogP contribution in [0.25, 0.3) is 0 Å². The van der Waals surface area contributed by atoms with Gasteiger partial charge in [-0.3, -0.25) is 4.72 Å². The summed E-state index contributed by atoms with van der Waals surface area (Å²) in [5.74, 6) is 1.09. The fraction of sp³-hybridized carbons (Fsp3) is 0.333. The molecule has 1 heterocycles. The predicted molar refractivity (Wildman–Crippen MR) is 76.0 cm³/mol. The summed E-state index contributed by atoms with van der Waals surface area (Å²) in [5.41, 5.74) is 1.34. The highest BCUT2D eigenvalue weighted by atomic mass is 32.2. The molecular formula is C12H16N4O3S. The van der Waals surface area contributed by atoms with Gasteiger partial charge in [0.1, 0.15) is 6.04 Å². The lowest BCUT2D eigenvalue weighted by Gasteiger charge is -2.12. The SMILES string of the molecule is Cc1noc([C@@H](C)Nc2ccc(NS(C)(=O)=O)cc2)n1. The highest BCUT2D eigenvalue weighted by Crippen LogP contribution is 2.20. The molecule has 0 aliphatic carbocycles. The van der Waals surface area contributed by atoms with E-state index in [0.29, 0.717) is 17.4 Å². The van der Waals surface area contributed by atoms with E-state index in [-0.39, 0.29) is 6.04 Å². The van der Waals surface area contributed by atoms with Crippen LogP contribution in [0.5, 0.6) is 0 Å². The first-order chi connectivity index (χ1) is 9.33. The van der Waals surface area contributed by atoms with Crippen LogP contribution in [0.2, 0.25) is 0 Å². The van der Waals surface area contributed by atoms with Gasteiger partial charge < -0.3 is 9.84 Å². The van der Waals surface area contributed by atoms with Crippen molar-refractivity contribution in [1.29, 1.82) is 0 Å². The van der Waals surface area contributed by atoms with E-state index in [1.54, 1.807) is 31.2 Å². The molecule has 7 nitrogen and oxygen atoms in total. The zero-order chi connectivity index (χ0) is 14.8. The second-order valence-electron chi connectivity index (χ2n) is 4.50. The minimum absolute atomic E-state index is 0.134. The van der Waals surface area contributed by atoms with E-state index in [1.807, 2.05) is 6.92 Å². The van der Waals surface area contributed by atoms with Gasteiger partial charge in [-0.2, -0.15) is 4.98 Å². The molecule has 0 aliphatic rings. The van der Waals surface area contributed by atoms with Gasteiger partial charge in [-0.25, -0.2) is 8.42 Å². The number of nitrogens with one attached hydrogen (secondary N) is 2. The average molecular weight is 296 g/mol. The Labute approximate surface area is 117 Å². The molecule has 0 amide bonds. The molecule has 0 bridgehead atoms. The molecule has 0 aliphatic heterocycles.